The summed E-state index contributed by atoms with van der Waals surface area (Å²) in [5.41, 5.74) is 1.64. The Morgan fingerprint density at radius 3 is 2.64 bits per heavy atom. The second-order valence-corrected chi connectivity index (χ2v) is 9.64. The first-order valence-corrected chi connectivity index (χ1v) is 11.8. The van der Waals surface area contributed by atoms with Gasteiger partial charge in [0.25, 0.3) is 0 Å². The van der Waals surface area contributed by atoms with E-state index in [0.29, 0.717) is 34.4 Å². The van der Waals surface area contributed by atoms with Gasteiger partial charge in [-0.25, -0.2) is 18.1 Å². The van der Waals surface area contributed by atoms with Crippen LogP contribution in [0.15, 0.2) is 28.3 Å². The number of piperidine rings is 1. The molecule has 1 aromatic carbocycles. The highest BCUT2D eigenvalue weighted by Crippen LogP contribution is 2.27. The Balaban J connectivity index is 1.65. The Bertz CT molecular complexity index is 1080. The fraction of sp³-hybridized carbons (Fsp3) is 0.529. The number of aromatic nitrogens is 6. The Kier molecular flexibility index (Phi) is 5.39. The maximum Gasteiger partial charge on any atom is 0.243 e. The number of tetrazole rings is 1. The summed E-state index contributed by atoms with van der Waals surface area (Å²) in [4.78, 5) is 5.03. The van der Waals surface area contributed by atoms with Crippen LogP contribution in [0.4, 0.5) is 0 Å². The van der Waals surface area contributed by atoms with Crippen LogP contribution >= 0.6 is 11.8 Å². The second-order valence-electron chi connectivity index (χ2n) is 6.76. The summed E-state index contributed by atoms with van der Waals surface area (Å²) in [7, 11) is -1.67. The summed E-state index contributed by atoms with van der Waals surface area (Å²) < 4.78 is 31.3. The van der Waals surface area contributed by atoms with Crippen molar-refractivity contribution in [3.63, 3.8) is 0 Å². The molecule has 0 atom stereocenters. The minimum atomic E-state index is -3.47. The van der Waals surface area contributed by atoms with Crippen molar-refractivity contribution in [2.24, 2.45) is 7.05 Å². The van der Waals surface area contributed by atoms with Gasteiger partial charge in [-0.05, 0) is 48.4 Å². The van der Waals surface area contributed by atoms with Crippen LogP contribution in [-0.4, -0.2) is 55.6 Å². The van der Waals surface area contributed by atoms with Crippen LogP contribution in [0.2, 0.25) is 0 Å². The number of fused-ring (bicyclic) bond motifs is 1. The third kappa shape index (κ3) is 3.53. The van der Waals surface area contributed by atoms with E-state index in [1.807, 2.05) is 6.07 Å². The first kappa shape index (κ1) is 19.3. The number of hydrogen-bond donors (Lipinski definition) is 0. The number of aryl methyl sites for hydroxylation is 2. The Hall–Kier alpha value is -1.98. The van der Waals surface area contributed by atoms with Crippen LogP contribution in [-0.2, 0) is 29.4 Å². The Labute approximate surface area is 168 Å². The first-order chi connectivity index (χ1) is 13.5. The second kappa shape index (κ2) is 7.80. The molecule has 2 aromatic heterocycles. The van der Waals surface area contributed by atoms with E-state index < -0.39 is 10.0 Å². The number of rotatable bonds is 6. The molecule has 150 valence electrons. The summed E-state index contributed by atoms with van der Waals surface area (Å²) in [5, 5.41) is 12.2. The monoisotopic (exact) mass is 421 g/mol. The predicted octanol–water partition coefficient (Wildman–Crippen LogP) is 2.05. The van der Waals surface area contributed by atoms with E-state index in [0.717, 1.165) is 37.1 Å². The van der Waals surface area contributed by atoms with Gasteiger partial charge in [-0.3, -0.25) is 0 Å². The molecule has 9 nitrogen and oxygen atoms in total. The molecule has 0 N–H and O–H groups in total. The number of nitrogens with zero attached hydrogens (tertiary/aromatic N) is 7. The molecule has 1 aliphatic heterocycles. The van der Waals surface area contributed by atoms with Crippen molar-refractivity contribution in [3.05, 3.63) is 24.0 Å². The van der Waals surface area contributed by atoms with Crippen molar-refractivity contribution >= 4 is 32.8 Å². The predicted molar refractivity (Wildman–Crippen MR) is 106 cm³/mol. The highest BCUT2D eigenvalue weighted by molar-refractivity contribution is 7.98. The maximum absolute atomic E-state index is 13.0. The summed E-state index contributed by atoms with van der Waals surface area (Å²) in [6.45, 7) is 3.99. The quantitative estimate of drug-likeness (QED) is 0.562. The maximum atomic E-state index is 13.0. The molecule has 3 heterocycles. The Morgan fingerprint density at radius 1 is 1.18 bits per heavy atom. The number of thioether (sulfide) groups is 1. The van der Waals surface area contributed by atoms with Crippen LogP contribution in [0.3, 0.4) is 0 Å². The van der Waals surface area contributed by atoms with Crippen molar-refractivity contribution in [2.45, 2.75) is 48.5 Å². The standard InChI is InChI=1S/C17H23N7O2S2/c1-3-24-15-8-7-13(28(25,26)23-9-5-4-6-10-23)11-14(15)18-16(24)12-27-17-19-20-21-22(17)2/h7-8,11H,3-6,9-10,12H2,1-2H3. The van der Waals surface area contributed by atoms with E-state index in [1.54, 1.807) is 28.2 Å². The molecule has 28 heavy (non-hydrogen) atoms. The molecule has 0 spiro atoms. The lowest BCUT2D eigenvalue weighted by molar-refractivity contribution is 0.346. The average Bonchev–Trinajstić information content (AvgIpc) is 3.28. The van der Waals surface area contributed by atoms with Crippen molar-refractivity contribution in [1.29, 1.82) is 0 Å². The number of hydrogen-bond acceptors (Lipinski definition) is 7. The molecule has 3 aromatic rings. The molecule has 11 heteroatoms. The van der Waals surface area contributed by atoms with Gasteiger partial charge in [-0.15, -0.1) is 5.10 Å². The largest absolute Gasteiger partial charge is 0.328 e. The van der Waals surface area contributed by atoms with Gasteiger partial charge in [0.2, 0.25) is 15.2 Å². The smallest absolute Gasteiger partial charge is 0.243 e. The molecule has 1 aliphatic rings. The number of benzene rings is 1. The van der Waals surface area contributed by atoms with Gasteiger partial charge in [-0.2, -0.15) is 4.31 Å². The number of imidazole rings is 1. The Morgan fingerprint density at radius 2 is 1.96 bits per heavy atom. The summed E-state index contributed by atoms with van der Waals surface area (Å²) in [6, 6.07) is 5.26. The lowest BCUT2D eigenvalue weighted by Gasteiger charge is -2.25. The minimum Gasteiger partial charge on any atom is -0.328 e. The molecule has 0 radical (unpaired) electrons. The van der Waals surface area contributed by atoms with E-state index in [2.05, 4.69) is 27.0 Å². The fourth-order valence-electron chi connectivity index (χ4n) is 3.51. The molecule has 0 unspecified atom stereocenters. The molecule has 1 fully saturated rings. The zero-order valence-electron chi connectivity index (χ0n) is 15.9. The molecule has 0 aliphatic carbocycles. The normalized spacial score (nSPS) is 16.1. The van der Waals surface area contributed by atoms with Gasteiger partial charge >= 0.3 is 0 Å². The van der Waals surface area contributed by atoms with Crippen molar-refractivity contribution < 1.29 is 8.42 Å². The van der Waals surface area contributed by atoms with E-state index in [9.17, 15) is 8.42 Å². The van der Waals surface area contributed by atoms with Crippen LogP contribution in [0.25, 0.3) is 11.0 Å². The van der Waals surface area contributed by atoms with Gasteiger partial charge in [-0.1, -0.05) is 18.2 Å². The van der Waals surface area contributed by atoms with Crippen LogP contribution in [0, 0.1) is 0 Å². The zero-order chi connectivity index (χ0) is 19.7. The third-order valence-corrected chi connectivity index (χ3v) is 7.88. The average molecular weight is 422 g/mol. The topological polar surface area (TPSA) is 98.8 Å². The van der Waals surface area contributed by atoms with Gasteiger partial charge < -0.3 is 4.57 Å². The lowest BCUT2D eigenvalue weighted by Crippen LogP contribution is -2.35. The minimum absolute atomic E-state index is 0.319. The van der Waals surface area contributed by atoms with Crippen molar-refractivity contribution in [3.8, 4) is 0 Å². The third-order valence-electron chi connectivity index (χ3n) is 4.98. The molecule has 1 saturated heterocycles. The van der Waals surface area contributed by atoms with E-state index in [4.69, 9.17) is 4.98 Å². The molecular weight excluding hydrogens is 398 g/mol. The SMILES string of the molecule is CCn1c(CSc2nnnn2C)nc2cc(S(=O)(=O)N3CCCCC3)ccc21. The van der Waals surface area contributed by atoms with Crippen LogP contribution < -0.4 is 0 Å². The molecule has 0 amide bonds. The fourth-order valence-corrected chi connectivity index (χ4v) is 5.84. The molecule has 0 bridgehead atoms. The highest BCUT2D eigenvalue weighted by atomic mass is 32.2. The molecular formula is C17H23N7O2S2. The number of sulfonamides is 1. The van der Waals surface area contributed by atoms with Crippen LogP contribution in [0.5, 0.6) is 0 Å². The van der Waals surface area contributed by atoms with Gasteiger partial charge in [0, 0.05) is 26.7 Å². The molecule has 0 saturated carbocycles. The van der Waals surface area contributed by atoms with E-state index in [-0.39, 0.29) is 0 Å². The van der Waals surface area contributed by atoms with Gasteiger partial charge in [0.1, 0.15) is 5.82 Å². The first-order valence-electron chi connectivity index (χ1n) is 9.35. The van der Waals surface area contributed by atoms with Gasteiger partial charge in [0.05, 0.1) is 21.7 Å². The van der Waals surface area contributed by atoms with E-state index in [1.165, 1.54) is 11.8 Å². The summed E-state index contributed by atoms with van der Waals surface area (Å²) in [5.74, 6) is 1.48. The highest BCUT2D eigenvalue weighted by Gasteiger charge is 2.26. The molecule has 4 rings (SSSR count). The van der Waals surface area contributed by atoms with Crippen molar-refractivity contribution in [2.75, 3.05) is 13.1 Å². The van der Waals surface area contributed by atoms with Crippen LogP contribution in [0.1, 0.15) is 32.0 Å². The summed E-state index contributed by atoms with van der Waals surface area (Å²) in [6.07, 6.45) is 2.93. The summed E-state index contributed by atoms with van der Waals surface area (Å²) >= 11 is 1.50. The zero-order valence-corrected chi connectivity index (χ0v) is 17.6. The van der Waals surface area contributed by atoms with Crippen molar-refractivity contribution in [1.82, 2.24) is 34.1 Å². The lowest BCUT2D eigenvalue weighted by atomic mass is 10.2. The van der Waals surface area contributed by atoms with E-state index >= 15 is 0 Å². The van der Waals surface area contributed by atoms with Gasteiger partial charge in [0.15, 0.2) is 0 Å².